The third kappa shape index (κ3) is 1.47. The van der Waals surface area contributed by atoms with E-state index < -0.39 is 0 Å². The van der Waals surface area contributed by atoms with Crippen LogP contribution in [0.5, 0.6) is 0 Å². The average Bonchev–Trinajstić information content (AvgIpc) is 2.71. The molecule has 68 valence electrons. The molecule has 0 aliphatic rings. The van der Waals surface area contributed by atoms with Crippen molar-refractivity contribution in [2.24, 2.45) is 0 Å². The maximum Gasteiger partial charge on any atom is 0.238 e. The molecule has 0 atom stereocenters. The van der Waals surface area contributed by atoms with Gasteiger partial charge in [0, 0.05) is 6.42 Å². The molecule has 2 aromatic heterocycles. The minimum absolute atomic E-state index is 0.518. The number of hydrogen-bond donors (Lipinski definition) is 0. The van der Waals surface area contributed by atoms with E-state index in [0.29, 0.717) is 17.5 Å². The monoisotopic (exact) mass is 178 g/mol. The first-order chi connectivity index (χ1) is 6.29. The summed E-state index contributed by atoms with van der Waals surface area (Å²) in [4.78, 5) is 4.14. The maximum absolute atomic E-state index is 5.34. The molecule has 0 spiro atoms. The third-order valence-corrected chi connectivity index (χ3v) is 1.73. The van der Waals surface area contributed by atoms with Gasteiger partial charge in [0.1, 0.15) is 5.76 Å². The van der Waals surface area contributed by atoms with Gasteiger partial charge < -0.3 is 8.94 Å². The van der Waals surface area contributed by atoms with Gasteiger partial charge in [-0.25, -0.2) is 0 Å². The largest absolute Gasteiger partial charge is 0.458 e. The van der Waals surface area contributed by atoms with E-state index >= 15 is 0 Å². The fourth-order valence-electron chi connectivity index (χ4n) is 1.05. The molecule has 0 N–H and O–H groups in total. The normalized spacial score (nSPS) is 10.6. The molecule has 2 heterocycles. The van der Waals surface area contributed by atoms with Crippen LogP contribution in [-0.4, -0.2) is 10.1 Å². The summed E-state index contributed by atoms with van der Waals surface area (Å²) in [6, 6.07) is 3.71. The highest BCUT2D eigenvalue weighted by molar-refractivity contribution is 5.45. The minimum Gasteiger partial charge on any atom is -0.458 e. The van der Waals surface area contributed by atoms with Crippen molar-refractivity contribution in [3.8, 4) is 11.6 Å². The van der Waals surface area contributed by atoms with E-state index in [-0.39, 0.29) is 0 Å². The van der Waals surface area contributed by atoms with E-state index in [1.54, 1.807) is 0 Å². The van der Waals surface area contributed by atoms with Crippen molar-refractivity contribution in [3.05, 3.63) is 23.8 Å². The Kier molecular flexibility index (Phi) is 1.88. The van der Waals surface area contributed by atoms with Crippen LogP contribution < -0.4 is 0 Å². The molecule has 0 saturated heterocycles. The van der Waals surface area contributed by atoms with Crippen LogP contribution in [0.25, 0.3) is 11.6 Å². The number of furan rings is 1. The predicted octanol–water partition coefficient (Wildman–Crippen LogP) is 2.20. The van der Waals surface area contributed by atoms with Gasteiger partial charge in [-0.2, -0.15) is 4.98 Å². The lowest BCUT2D eigenvalue weighted by molar-refractivity contribution is 0.381. The molecule has 0 saturated carbocycles. The van der Waals surface area contributed by atoms with Gasteiger partial charge in [-0.15, -0.1) is 0 Å². The molecule has 0 bridgehead atoms. The molecular formula is C9H10N2O2. The molecule has 0 fully saturated rings. The Balaban J connectivity index is 2.35. The zero-order valence-electron chi connectivity index (χ0n) is 7.57. The van der Waals surface area contributed by atoms with Crippen molar-refractivity contribution in [2.45, 2.75) is 20.3 Å². The van der Waals surface area contributed by atoms with Crippen LogP contribution in [0.3, 0.4) is 0 Å². The fourth-order valence-corrected chi connectivity index (χ4v) is 1.05. The van der Waals surface area contributed by atoms with Crippen LogP contribution in [0.2, 0.25) is 0 Å². The Labute approximate surface area is 75.6 Å². The first-order valence-corrected chi connectivity index (χ1v) is 4.19. The fraction of sp³-hybridized carbons (Fsp3) is 0.333. The molecule has 2 rings (SSSR count). The number of aryl methyl sites for hydroxylation is 2. The number of rotatable bonds is 2. The van der Waals surface area contributed by atoms with Crippen molar-refractivity contribution < 1.29 is 8.94 Å². The summed E-state index contributed by atoms with van der Waals surface area (Å²) >= 11 is 0. The predicted molar refractivity (Wildman–Crippen MR) is 46.1 cm³/mol. The quantitative estimate of drug-likeness (QED) is 0.707. The lowest BCUT2D eigenvalue weighted by Gasteiger charge is -1.84. The Morgan fingerprint density at radius 3 is 2.77 bits per heavy atom. The van der Waals surface area contributed by atoms with Gasteiger partial charge in [-0.1, -0.05) is 12.1 Å². The van der Waals surface area contributed by atoms with Crippen LogP contribution in [0.1, 0.15) is 18.6 Å². The van der Waals surface area contributed by atoms with E-state index in [9.17, 15) is 0 Å². The van der Waals surface area contributed by atoms with Crippen molar-refractivity contribution in [2.75, 3.05) is 0 Å². The van der Waals surface area contributed by atoms with Crippen LogP contribution in [0.4, 0.5) is 0 Å². The summed E-state index contributed by atoms with van der Waals surface area (Å²) in [5.74, 6) is 2.65. The van der Waals surface area contributed by atoms with Gasteiger partial charge in [0.2, 0.25) is 11.7 Å². The molecule has 0 unspecified atom stereocenters. The van der Waals surface area contributed by atoms with Crippen molar-refractivity contribution in [3.63, 3.8) is 0 Å². The zero-order chi connectivity index (χ0) is 9.26. The lowest BCUT2D eigenvalue weighted by atomic mass is 10.4. The molecule has 4 heteroatoms. The Hall–Kier alpha value is -1.58. The first kappa shape index (κ1) is 8.04. The molecule has 0 radical (unpaired) electrons. The van der Waals surface area contributed by atoms with Gasteiger partial charge in [-0.05, 0) is 19.1 Å². The maximum atomic E-state index is 5.34. The SMILES string of the molecule is CCc1nc(-c2ccc(C)o2)no1. The van der Waals surface area contributed by atoms with Crippen molar-refractivity contribution in [1.82, 2.24) is 10.1 Å². The van der Waals surface area contributed by atoms with Gasteiger partial charge in [0.05, 0.1) is 0 Å². The molecule has 0 amide bonds. The molecular weight excluding hydrogens is 168 g/mol. The van der Waals surface area contributed by atoms with Gasteiger partial charge >= 0.3 is 0 Å². The highest BCUT2D eigenvalue weighted by atomic mass is 16.5. The van der Waals surface area contributed by atoms with E-state index in [2.05, 4.69) is 10.1 Å². The molecule has 2 aromatic rings. The highest BCUT2D eigenvalue weighted by Crippen LogP contribution is 2.18. The molecule has 4 nitrogen and oxygen atoms in total. The van der Waals surface area contributed by atoms with E-state index in [0.717, 1.165) is 12.2 Å². The van der Waals surface area contributed by atoms with Crippen LogP contribution >= 0.6 is 0 Å². The number of aromatic nitrogens is 2. The summed E-state index contributed by atoms with van der Waals surface area (Å²) < 4.78 is 10.3. The Morgan fingerprint density at radius 2 is 2.23 bits per heavy atom. The zero-order valence-corrected chi connectivity index (χ0v) is 7.57. The van der Waals surface area contributed by atoms with Crippen molar-refractivity contribution in [1.29, 1.82) is 0 Å². The first-order valence-electron chi connectivity index (χ1n) is 4.19. The summed E-state index contributed by atoms with van der Waals surface area (Å²) in [5, 5.41) is 3.79. The van der Waals surface area contributed by atoms with Gasteiger partial charge in [0.25, 0.3) is 0 Å². The third-order valence-electron chi connectivity index (χ3n) is 1.73. The summed E-state index contributed by atoms with van der Waals surface area (Å²) in [7, 11) is 0. The van der Waals surface area contributed by atoms with Crippen LogP contribution in [0.15, 0.2) is 21.1 Å². The van der Waals surface area contributed by atoms with E-state index in [1.165, 1.54) is 0 Å². The second-order valence-electron chi connectivity index (χ2n) is 2.78. The standard InChI is InChI=1S/C9H10N2O2/c1-3-8-10-9(11-13-8)7-5-4-6(2)12-7/h4-5H,3H2,1-2H3. The highest BCUT2D eigenvalue weighted by Gasteiger charge is 2.09. The molecule has 0 aliphatic heterocycles. The van der Waals surface area contributed by atoms with E-state index in [1.807, 2.05) is 26.0 Å². The number of nitrogens with zero attached hydrogens (tertiary/aromatic N) is 2. The summed E-state index contributed by atoms with van der Waals surface area (Å²) in [6.07, 6.45) is 0.743. The van der Waals surface area contributed by atoms with Gasteiger partial charge in [0.15, 0.2) is 5.76 Å². The number of hydrogen-bond acceptors (Lipinski definition) is 4. The van der Waals surface area contributed by atoms with E-state index in [4.69, 9.17) is 8.94 Å². The average molecular weight is 178 g/mol. The Bertz CT molecular complexity index is 403. The molecule has 13 heavy (non-hydrogen) atoms. The summed E-state index contributed by atoms with van der Waals surface area (Å²) in [5.41, 5.74) is 0. The Morgan fingerprint density at radius 1 is 1.38 bits per heavy atom. The van der Waals surface area contributed by atoms with Crippen LogP contribution in [0, 0.1) is 6.92 Å². The molecule has 0 aromatic carbocycles. The second-order valence-corrected chi connectivity index (χ2v) is 2.78. The second kappa shape index (κ2) is 3.05. The minimum atomic E-state index is 0.518. The molecule has 0 aliphatic carbocycles. The van der Waals surface area contributed by atoms with Crippen LogP contribution in [-0.2, 0) is 6.42 Å². The van der Waals surface area contributed by atoms with Crippen molar-refractivity contribution >= 4 is 0 Å². The lowest BCUT2D eigenvalue weighted by Crippen LogP contribution is -1.79. The summed E-state index contributed by atoms with van der Waals surface area (Å²) in [6.45, 7) is 3.84. The smallest absolute Gasteiger partial charge is 0.238 e. The topological polar surface area (TPSA) is 52.1 Å². The van der Waals surface area contributed by atoms with Gasteiger partial charge in [-0.3, -0.25) is 0 Å².